The second-order valence-corrected chi connectivity index (χ2v) is 17.6. The van der Waals surface area contributed by atoms with Crippen LogP contribution in [-0.2, 0) is 4.43 Å². The Morgan fingerprint density at radius 1 is 0.730 bits per heavy atom. The maximum absolute atomic E-state index is 6.40. The van der Waals surface area contributed by atoms with Gasteiger partial charge in [-0.15, -0.1) is 0 Å². The van der Waals surface area contributed by atoms with Gasteiger partial charge in [-0.05, 0) is 86.7 Å². The summed E-state index contributed by atoms with van der Waals surface area (Å²) in [5.74, 6) is 0.674. The third-order valence-corrected chi connectivity index (χ3v) is 13.0. The van der Waals surface area contributed by atoms with Gasteiger partial charge in [0.05, 0.1) is 0 Å². The summed E-state index contributed by atoms with van der Waals surface area (Å²) < 4.78 is 6.40. The van der Waals surface area contributed by atoms with E-state index >= 15 is 0 Å². The molecule has 1 heterocycles. The van der Waals surface area contributed by atoms with Gasteiger partial charge in [0.15, 0.2) is 8.32 Å². The summed E-state index contributed by atoms with van der Waals surface area (Å²) in [6, 6.07) is 4.47. The van der Waals surface area contributed by atoms with E-state index in [2.05, 4.69) is 70.1 Å². The molecule has 0 fully saturated rings. The monoisotopic (exact) mass is 529 g/mol. The fraction of sp³-hybridized carbons (Fsp3) is 0.794. The van der Waals surface area contributed by atoms with Gasteiger partial charge >= 0.3 is 0 Å². The second kappa shape index (κ2) is 21.0. The number of hydrogen-bond donors (Lipinski definition) is 0. The predicted molar refractivity (Wildman–Crippen MR) is 168 cm³/mol. The predicted octanol–water partition coefficient (Wildman–Crippen LogP) is 11.8. The van der Waals surface area contributed by atoms with Crippen molar-refractivity contribution >= 4 is 8.32 Å². The van der Waals surface area contributed by atoms with Crippen molar-refractivity contribution in [2.24, 2.45) is 0 Å². The molecule has 2 nitrogen and oxygen atoms in total. The fourth-order valence-electron chi connectivity index (χ4n) is 4.79. The molecule has 1 unspecified atom stereocenters. The molecule has 3 heteroatoms. The summed E-state index contributed by atoms with van der Waals surface area (Å²) in [4.78, 5) is 4.25. The first-order valence-corrected chi connectivity index (χ1v) is 18.9. The van der Waals surface area contributed by atoms with Gasteiger partial charge in [-0.1, -0.05) is 110 Å². The number of unbranched alkanes of at least 4 members (excludes halogenated alkanes) is 13. The molecule has 1 aromatic heterocycles. The molecule has 0 bridgehead atoms. The van der Waals surface area contributed by atoms with Gasteiger partial charge in [0.1, 0.15) is 0 Å². The number of aromatic nitrogens is 1. The van der Waals surface area contributed by atoms with E-state index in [1.54, 1.807) is 0 Å². The van der Waals surface area contributed by atoms with Crippen LogP contribution in [-0.4, -0.2) is 19.9 Å². The Morgan fingerprint density at radius 3 is 1.76 bits per heavy atom. The molecular formula is C34H63NOSi. The minimum Gasteiger partial charge on any atom is -0.417 e. The van der Waals surface area contributed by atoms with Crippen LogP contribution in [0.2, 0.25) is 18.1 Å². The molecule has 1 atom stereocenters. The van der Waals surface area contributed by atoms with Crippen LogP contribution >= 0.6 is 0 Å². The normalized spacial score (nSPS) is 13.5. The summed E-state index contributed by atoms with van der Waals surface area (Å²) in [5.41, 5.74) is 1.48. The first-order valence-electron chi connectivity index (χ1n) is 16.0. The summed E-state index contributed by atoms with van der Waals surface area (Å²) >= 11 is 0. The Kier molecular flexibility index (Phi) is 19.3. The Balaban J connectivity index is 2.14. The summed E-state index contributed by atoms with van der Waals surface area (Å²) in [6.45, 7) is 14.9. The highest BCUT2D eigenvalue weighted by molar-refractivity contribution is 6.74. The van der Waals surface area contributed by atoms with Gasteiger partial charge in [0.2, 0.25) is 0 Å². The molecule has 0 spiro atoms. The molecule has 1 aromatic rings. The minimum atomic E-state index is -1.61. The highest BCUT2D eigenvalue weighted by atomic mass is 28.4. The van der Waals surface area contributed by atoms with Crippen molar-refractivity contribution in [3.63, 3.8) is 0 Å². The van der Waals surface area contributed by atoms with Gasteiger partial charge in [-0.2, -0.15) is 0 Å². The van der Waals surface area contributed by atoms with Crippen LogP contribution in [0.3, 0.4) is 0 Å². The largest absolute Gasteiger partial charge is 0.417 e. The molecule has 0 radical (unpaired) electrons. The molecule has 0 aliphatic rings. The molecule has 0 amide bonds. The molecule has 0 N–H and O–H groups in total. The molecule has 0 aromatic carbocycles. The van der Waals surface area contributed by atoms with Crippen LogP contribution in [0.5, 0.6) is 0 Å². The molecule has 1 rings (SSSR count). The van der Waals surface area contributed by atoms with Crippen molar-refractivity contribution < 1.29 is 4.43 Å². The minimum absolute atomic E-state index is 0.302. The zero-order valence-electron chi connectivity index (χ0n) is 25.8. The molecule has 214 valence electrons. The van der Waals surface area contributed by atoms with E-state index in [1.165, 1.54) is 121 Å². The maximum atomic E-state index is 6.40. The third kappa shape index (κ3) is 17.3. The van der Waals surface area contributed by atoms with E-state index in [0.717, 1.165) is 6.61 Å². The first-order chi connectivity index (χ1) is 17.8. The standard InChI is InChI=1S/C34H63NOSi/c1-7-8-9-10-11-12-13-14-15-16-17-18-19-20-21-22-25-32(33-27-29-35-30-28-33)26-23-24-31-36-37(5,6)34(2,3)4/h14-15,27-30,32H,7-13,16-26,31H2,1-6H3. The van der Waals surface area contributed by atoms with Crippen molar-refractivity contribution in [1.29, 1.82) is 0 Å². The van der Waals surface area contributed by atoms with Gasteiger partial charge in [0.25, 0.3) is 0 Å². The van der Waals surface area contributed by atoms with E-state index in [9.17, 15) is 0 Å². The second-order valence-electron chi connectivity index (χ2n) is 12.8. The van der Waals surface area contributed by atoms with Crippen molar-refractivity contribution in [1.82, 2.24) is 4.98 Å². The topological polar surface area (TPSA) is 22.1 Å². The van der Waals surface area contributed by atoms with Gasteiger partial charge in [-0.3, -0.25) is 4.98 Å². The Hall–Kier alpha value is -0.933. The SMILES string of the molecule is CCCCCCCCC=CCCCCCCCCC(CCCCO[Si](C)(C)C(C)(C)C)c1ccncc1. The molecule has 0 aliphatic carbocycles. The lowest BCUT2D eigenvalue weighted by Crippen LogP contribution is -2.40. The zero-order chi connectivity index (χ0) is 27.2. The summed E-state index contributed by atoms with van der Waals surface area (Å²) in [7, 11) is -1.61. The average molecular weight is 530 g/mol. The van der Waals surface area contributed by atoms with E-state index in [0.29, 0.717) is 11.0 Å². The number of pyridine rings is 1. The number of allylic oxidation sites excluding steroid dienone is 2. The lowest BCUT2D eigenvalue weighted by molar-refractivity contribution is 0.275. The molecule has 0 aliphatic heterocycles. The summed E-state index contributed by atoms with van der Waals surface area (Å²) in [6.07, 6.45) is 33.1. The number of nitrogens with zero attached hydrogens (tertiary/aromatic N) is 1. The van der Waals surface area contributed by atoms with Crippen LogP contribution in [0.25, 0.3) is 0 Å². The quantitative estimate of drug-likeness (QED) is 0.0798. The Morgan fingerprint density at radius 2 is 1.22 bits per heavy atom. The van der Waals surface area contributed by atoms with Crippen LogP contribution in [0.15, 0.2) is 36.7 Å². The smallest absolute Gasteiger partial charge is 0.191 e. The molecule has 37 heavy (non-hydrogen) atoms. The van der Waals surface area contributed by atoms with E-state index in [4.69, 9.17) is 4.43 Å². The fourth-order valence-corrected chi connectivity index (χ4v) is 5.88. The van der Waals surface area contributed by atoms with Crippen molar-refractivity contribution in [3.8, 4) is 0 Å². The average Bonchev–Trinajstić information content (AvgIpc) is 2.86. The van der Waals surface area contributed by atoms with Crippen LogP contribution in [0.4, 0.5) is 0 Å². The van der Waals surface area contributed by atoms with Gasteiger partial charge in [0, 0.05) is 19.0 Å². The van der Waals surface area contributed by atoms with Crippen molar-refractivity contribution in [2.75, 3.05) is 6.61 Å². The first kappa shape index (κ1) is 34.1. The van der Waals surface area contributed by atoms with Crippen LogP contribution in [0.1, 0.15) is 155 Å². The molecular weight excluding hydrogens is 466 g/mol. The highest BCUT2D eigenvalue weighted by Crippen LogP contribution is 2.36. The number of rotatable bonds is 23. The van der Waals surface area contributed by atoms with Gasteiger partial charge in [-0.25, -0.2) is 0 Å². The molecule has 0 saturated heterocycles. The number of hydrogen-bond acceptors (Lipinski definition) is 2. The van der Waals surface area contributed by atoms with E-state index in [-0.39, 0.29) is 0 Å². The van der Waals surface area contributed by atoms with Crippen molar-refractivity contribution in [3.05, 3.63) is 42.2 Å². The Labute approximate surface area is 233 Å². The lowest BCUT2D eigenvalue weighted by atomic mass is 9.89. The van der Waals surface area contributed by atoms with E-state index in [1.807, 2.05) is 12.4 Å². The maximum Gasteiger partial charge on any atom is 0.191 e. The summed E-state index contributed by atoms with van der Waals surface area (Å²) in [5, 5.41) is 0.302. The highest BCUT2D eigenvalue weighted by Gasteiger charge is 2.36. The molecule has 0 saturated carbocycles. The van der Waals surface area contributed by atoms with Crippen LogP contribution < -0.4 is 0 Å². The van der Waals surface area contributed by atoms with E-state index < -0.39 is 8.32 Å². The third-order valence-electron chi connectivity index (χ3n) is 8.46. The van der Waals surface area contributed by atoms with Gasteiger partial charge < -0.3 is 4.43 Å². The lowest BCUT2D eigenvalue weighted by Gasteiger charge is -2.36. The van der Waals surface area contributed by atoms with Crippen molar-refractivity contribution in [2.45, 2.75) is 167 Å². The van der Waals surface area contributed by atoms with Crippen LogP contribution in [0, 0.1) is 0 Å². The zero-order valence-corrected chi connectivity index (χ0v) is 26.8. The Bertz CT molecular complexity index is 664.